The summed E-state index contributed by atoms with van der Waals surface area (Å²) in [4.78, 5) is 29.1. The molecule has 1 aromatic heterocycles. The first-order valence-electron chi connectivity index (χ1n) is 12.6. The molecular weight excluding hydrogens is 513 g/mol. The Bertz CT molecular complexity index is 1800. The number of halogens is 1. The minimum Gasteiger partial charge on any atom is -0.497 e. The lowest BCUT2D eigenvalue weighted by atomic mass is 9.97. The van der Waals surface area contributed by atoms with Crippen LogP contribution in [0.1, 0.15) is 33.3 Å². The number of anilines is 1. The monoisotopic (exact) mass is 537 g/mol. The van der Waals surface area contributed by atoms with Gasteiger partial charge in [-0.05, 0) is 53.6 Å². The van der Waals surface area contributed by atoms with Crippen LogP contribution in [-0.4, -0.2) is 20.1 Å². The lowest BCUT2D eigenvalue weighted by Gasteiger charge is -2.26. The van der Waals surface area contributed by atoms with E-state index in [-0.39, 0.29) is 22.3 Å². The van der Waals surface area contributed by atoms with Gasteiger partial charge in [0.1, 0.15) is 23.8 Å². The fraction of sp³-hybridized carbons (Fsp3) is 0.125. The third-order valence-corrected chi connectivity index (χ3v) is 6.90. The SMILES string of the molecule is COc1cccc(N2C(=O)c3oc4ccc(F)cc4c(=O)c3C2c2ccc(OCc3ccccc3)c(OC)c2)c1. The van der Waals surface area contributed by atoms with Crippen LogP contribution in [0.5, 0.6) is 17.2 Å². The molecule has 40 heavy (non-hydrogen) atoms. The van der Waals surface area contributed by atoms with Crippen LogP contribution < -0.4 is 24.5 Å². The first-order chi connectivity index (χ1) is 19.5. The summed E-state index contributed by atoms with van der Waals surface area (Å²) in [6.45, 7) is 0.332. The van der Waals surface area contributed by atoms with Crippen molar-refractivity contribution < 1.29 is 27.8 Å². The molecule has 5 aromatic rings. The number of ether oxygens (including phenoxy) is 3. The van der Waals surface area contributed by atoms with Crippen LogP contribution in [0, 0.1) is 5.82 Å². The van der Waals surface area contributed by atoms with Crippen molar-refractivity contribution >= 4 is 22.6 Å². The number of carbonyl (C=O) groups excluding carboxylic acids is 1. The Morgan fingerprint density at radius 1 is 0.850 bits per heavy atom. The van der Waals surface area contributed by atoms with E-state index in [1.165, 1.54) is 31.3 Å². The molecule has 1 unspecified atom stereocenters. The molecule has 6 rings (SSSR count). The second kappa shape index (κ2) is 10.2. The van der Waals surface area contributed by atoms with Crippen LogP contribution >= 0.6 is 0 Å². The number of hydrogen-bond donors (Lipinski definition) is 0. The van der Waals surface area contributed by atoms with Crippen LogP contribution in [0.3, 0.4) is 0 Å². The van der Waals surface area contributed by atoms with E-state index >= 15 is 0 Å². The maximum absolute atomic E-state index is 14.1. The molecule has 200 valence electrons. The quantitative estimate of drug-likeness (QED) is 0.243. The Morgan fingerprint density at radius 3 is 2.45 bits per heavy atom. The molecule has 0 radical (unpaired) electrons. The van der Waals surface area contributed by atoms with Crippen molar-refractivity contribution in [3.05, 3.63) is 129 Å². The highest BCUT2D eigenvalue weighted by Gasteiger charge is 2.44. The molecule has 1 amide bonds. The van der Waals surface area contributed by atoms with Gasteiger partial charge in [0.05, 0.1) is 31.2 Å². The maximum Gasteiger partial charge on any atom is 0.295 e. The molecule has 4 aromatic carbocycles. The van der Waals surface area contributed by atoms with Crippen LogP contribution in [0.2, 0.25) is 0 Å². The molecular formula is C32H24FNO6. The lowest BCUT2D eigenvalue weighted by Crippen LogP contribution is -2.29. The Morgan fingerprint density at radius 2 is 1.68 bits per heavy atom. The van der Waals surface area contributed by atoms with Gasteiger partial charge in [-0.25, -0.2) is 4.39 Å². The molecule has 0 spiro atoms. The summed E-state index contributed by atoms with van der Waals surface area (Å²) >= 11 is 0. The summed E-state index contributed by atoms with van der Waals surface area (Å²) in [6.07, 6.45) is 0. The Kier molecular flexibility index (Phi) is 6.43. The van der Waals surface area contributed by atoms with Gasteiger partial charge in [0.15, 0.2) is 16.9 Å². The summed E-state index contributed by atoms with van der Waals surface area (Å²) in [5.41, 5.74) is 1.84. The number of fused-ring (bicyclic) bond motifs is 2. The summed E-state index contributed by atoms with van der Waals surface area (Å²) in [5, 5.41) is 0.0545. The number of rotatable bonds is 7. The normalized spacial score (nSPS) is 14.3. The molecule has 0 N–H and O–H groups in total. The van der Waals surface area contributed by atoms with Crippen molar-refractivity contribution in [1.82, 2.24) is 0 Å². The maximum atomic E-state index is 14.1. The lowest BCUT2D eigenvalue weighted by molar-refractivity contribution is 0.0971. The summed E-state index contributed by atoms with van der Waals surface area (Å²) in [5.74, 6) is 0.289. The average Bonchev–Trinajstić information content (AvgIpc) is 3.29. The van der Waals surface area contributed by atoms with Gasteiger partial charge in [0.25, 0.3) is 5.91 Å². The van der Waals surface area contributed by atoms with Gasteiger partial charge >= 0.3 is 0 Å². The summed E-state index contributed by atoms with van der Waals surface area (Å²) in [6, 6.07) is 24.7. The Hall–Kier alpha value is -5.11. The van der Waals surface area contributed by atoms with Crippen LogP contribution in [0.4, 0.5) is 10.1 Å². The van der Waals surface area contributed by atoms with Gasteiger partial charge in [0.2, 0.25) is 5.76 Å². The van der Waals surface area contributed by atoms with E-state index in [1.807, 2.05) is 30.3 Å². The van der Waals surface area contributed by atoms with Gasteiger partial charge in [-0.15, -0.1) is 0 Å². The number of amides is 1. The van der Waals surface area contributed by atoms with E-state index in [4.69, 9.17) is 18.6 Å². The highest BCUT2D eigenvalue weighted by atomic mass is 19.1. The second-order valence-electron chi connectivity index (χ2n) is 9.28. The molecule has 1 aliphatic heterocycles. The average molecular weight is 538 g/mol. The van der Waals surface area contributed by atoms with E-state index in [1.54, 1.807) is 42.5 Å². The van der Waals surface area contributed by atoms with E-state index in [0.717, 1.165) is 11.6 Å². The molecule has 1 aliphatic rings. The first kappa shape index (κ1) is 25.2. The van der Waals surface area contributed by atoms with Crippen molar-refractivity contribution in [2.75, 3.05) is 19.1 Å². The van der Waals surface area contributed by atoms with Crippen molar-refractivity contribution in [2.24, 2.45) is 0 Å². The zero-order chi connectivity index (χ0) is 27.8. The topological polar surface area (TPSA) is 78.2 Å². The number of benzene rings is 4. The number of nitrogens with zero attached hydrogens (tertiary/aromatic N) is 1. The molecule has 7 nitrogen and oxygen atoms in total. The highest BCUT2D eigenvalue weighted by Crippen LogP contribution is 2.44. The largest absolute Gasteiger partial charge is 0.497 e. The van der Waals surface area contributed by atoms with E-state index in [9.17, 15) is 14.0 Å². The second-order valence-corrected chi connectivity index (χ2v) is 9.28. The van der Waals surface area contributed by atoms with E-state index < -0.39 is 23.2 Å². The van der Waals surface area contributed by atoms with Crippen LogP contribution in [-0.2, 0) is 6.61 Å². The van der Waals surface area contributed by atoms with Crippen LogP contribution in [0.15, 0.2) is 100 Å². The fourth-order valence-corrected chi connectivity index (χ4v) is 5.00. The minimum absolute atomic E-state index is 0.0545. The molecule has 0 bridgehead atoms. The summed E-state index contributed by atoms with van der Waals surface area (Å²) in [7, 11) is 3.05. The van der Waals surface area contributed by atoms with Gasteiger partial charge < -0.3 is 18.6 Å². The number of hydrogen-bond acceptors (Lipinski definition) is 6. The fourth-order valence-electron chi connectivity index (χ4n) is 5.00. The number of carbonyl (C=O) groups is 1. The van der Waals surface area contributed by atoms with Crippen molar-refractivity contribution in [2.45, 2.75) is 12.6 Å². The predicted molar refractivity (Wildman–Crippen MR) is 148 cm³/mol. The molecule has 0 aliphatic carbocycles. The zero-order valence-electron chi connectivity index (χ0n) is 21.7. The van der Waals surface area contributed by atoms with Crippen molar-refractivity contribution in [3.8, 4) is 17.2 Å². The molecule has 0 saturated heterocycles. The molecule has 0 saturated carbocycles. The first-order valence-corrected chi connectivity index (χ1v) is 12.6. The van der Waals surface area contributed by atoms with E-state index in [2.05, 4.69) is 0 Å². The third-order valence-electron chi connectivity index (χ3n) is 6.90. The molecule has 1 atom stereocenters. The van der Waals surface area contributed by atoms with Gasteiger partial charge in [-0.3, -0.25) is 14.5 Å². The standard InChI is InChI=1S/C32H24FNO6/c1-37-23-10-6-9-22(17-23)34-29(28-30(35)24-16-21(33)12-14-25(24)40-31(28)32(34)36)20-11-13-26(27(15-20)38-2)39-18-19-7-4-3-5-8-19/h3-17,29H,18H2,1-2H3. The van der Waals surface area contributed by atoms with Gasteiger partial charge in [-0.1, -0.05) is 42.5 Å². The van der Waals surface area contributed by atoms with E-state index in [0.29, 0.717) is 35.1 Å². The van der Waals surface area contributed by atoms with Crippen molar-refractivity contribution in [3.63, 3.8) is 0 Å². The molecule has 2 heterocycles. The van der Waals surface area contributed by atoms with Crippen molar-refractivity contribution in [1.29, 1.82) is 0 Å². The van der Waals surface area contributed by atoms with Gasteiger partial charge in [0, 0.05) is 11.8 Å². The van der Waals surface area contributed by atoms with Gasteiger partial charge in [-0.2, -0.15) is 0 Å². The third kappa shape index (κ3) is 4.33. The Labute approximate surface area is 228 Å². The Balaban J connectivity index is 1.50. The smallest absolute Gasteiger partial charge is 0.295 e. The van der Waals surface area contributed by atoms with Crippen LogP contribution in [0.25, 0.3) is 11.0 Å². The molecule has 8 heteroatoms. The number of methoxy groups -OCH3 is 2. The summed E-state index contributed by atoms with van der Waals surface area (Å²) < 4.78 is 37.1. The highest BCUT2D eigenvalue weighted by molar-refractivity contribution is 6.10. The molecule has 0 fully saturated rings. The minimum atomic E-state index is -0.879. The predicted octanol–water partition coefficient (Wildman–Crippen LogP) is 6.28. The zero-order valence-corrected chi connectivity index (χ0v) is 21.7.